The standard InChI is InChI=1S/C11H15ClF3N3O/c1-19-5-4-18(3-2-16)10-9(12)6-8(7-17-10)11(13,14)15/h6-7H,2-5,16H2,1H3. The monoisotopic (exact) mass is 297 g/mol. The predicted octanol–water partition coefficient (Wildman–Crippen LogP) is 2.17. The number of nitrogens with two attached hydrogens (primary N) is 1. The number of nitrogens with zero attached hydrogens (tertiary/aromatic N) is 2. The summed E-state index contributed by atoms with van der Waals surface area (Å²) < 4.78 is 42.4. The average Bonchev–Trinajstić information content (AvgIpc) is 2.33. The zero-order valence-corrected chi connectivity index (χ0v) is 11.1. The Hall–Kier alpha value is -1.05. The first-order valence-corrected chi connectivity index (χ1v) is 5.94. The molecular weight excluding hydrogens is 283 g/mol. The van der Waals surface area contributed by atoms with Crippen molar-refractivity contribution in [1.29, 1.82) is 0 Å². The van der Waals surface area contributed by atoms with E-state index in [0.717, 1.165) is 12.3 Å². The number of rotatable bonds is 6. The maximum absolute atomic E-state index is 12.5. The van der Waals surface area contributed by atoms with Gasteiger partial charge >= 0.3 is 6.18 Å². The van der Waals surface area contributed by atoms with Crippen LogP contribution >= 0.6 is 11.6 Å². The highest BCUT2D eigenvalue weighted by atomic mass is 35.5. The first kappa shape index (κ1) is 16.0. The first-order valence-electron chi connectivity index (χ1n) is 5.56. The Morgan fingerprint density at radius 3 is 2.58 bits per heavy atom. The van der Waals surface area contributed by atoms with Gasteiger partial charge in [0.25, 0.3) is 0 Å². The maximum Gasteiger partial charge on any atom is 0.417 e. The smallest absolute Gasteiger partial charge is 0.383 e. The minimum absolute atomic E-state index is 0.0561. The molecule has 0 fully saturated rings. The molecule has 8 heteroatoms. The van der Waals surface area contributed by atoms with E-state index in [2.05, 4.69) is 4.98 Å². The van der Waals surface area contributed by atoms with Crippen molar-refractivity contribution >= 4 is 17.4 Å². The highest BCUT2D eigenvalue weighted by Crippen LogP contribution is 2.33. The molecule has 0 saturated carbocycles. The number of hydrogen-bond acceptors (Lipinski definition) is 4. The average molecular weight is 298 g/mol. The van der Waals surface area contributed by atoms with Crippen LogP contribution in [0.4, 0.5) is 19.0 Å². The fourth-order valence-corrected chi connectivity index (χ4v) is 1.79. The van der Waals surface area contributed by atoms with Crippen LogP contribution in [-0.4, -0.2) is 38.3 Å². The highest BCUT2D eigenvalue weighted by Gasteiger charge is 2.32. The molecule has 0 radical (unpaired) electrons. The number of hydrogen-bond donors (Lipinski definition) is 1. The van der Waals surface area contributed by atoms with Crippen LogP contribution in [0.1, 0.15) is 5.56 Å². The quantitative estimate of drug-likeness (QED) is 0.874. The van der Waals surface area contributed by atoms with Crippen LogP contribution in [-0.2, 0) is 10.9 Å². The summed E-state index contributed by atoms with van der Waals surface area (Å²) in [7, 11) is 1.53. The molecule has 1 aromatic heterocycles. The van der Waals surface area contributed by atoms with Gasteiger partial charge in [-0.15, -0.1) is 0 Å². The molecule has 0 aliphatic carbocycles. The molecule has 0 aromatic carbocycles. The summed E-state index contributed by atoms with van der Waals surface area (Å²) >= 11 is 5.86. The van der Waals surface area contributed by atoms with Crippen molar-refractivity contribution < 1.29 is 17.9 Å². The van der Waals surface area contributed by atoms with E-state index in [9.17, 15) is 13.2 Å². The summed E-state index contributed by atoms with van der Waals surface area (Å²) in [5.74, 6) is 0.275. The molecule has 2 N–H and O–H groups in total. The van der Waals surface area contributed by atoms with Crippen molar-refractivity contribution in [2.75, 3.05) is 38.3 Å². The molecular formula is C11H15ClF3N3O. The lowest BCUT2D eigenvalue weighted by Gasteiger charge is -2.24. The number of halogens is 4. The molecule has 0 aliphatic rings. The van der Waals surface area contributed by atoms with Crippen LogP contribution in [0.2, 0.25) is 5.02 Å². The Morgan fingerprint density at radius 2 is 2.11 bits per heavy atom. The van der Waals surface area contributed by atoms with Gasteiger partial charge < -0.3 is 15.4 Å². The zero-order valence-electron chi connectivity index (χ0n) is 10.4. The molecule has 0 unspecified atom stereocenters. The van der Waals surface area contributed by atoms with E-state index in [1.165, 1.54) is 7.11 Å². The van der Waals surface area contributed by atoms with Gasteiger partial charge in [0.1, 0.15) is 5.82 Å². The van der Waals surface area contributed by atoms with Crippen LogP contribution in [0, 0.1) is 0 Å². The molecule has 0 atom stereocenters. The van der Waals surface area contributed by atoms with Crippen molar-refractivity contribution in [1.82, 2.24) is 4.98 Å². The lowest BCUT2D eigenvalue weighted by Crippen LogP contribution is -2.33. The van der Waals surface area contributed by atoms with Gasteiger partial charge in [0.2, 0.25) is 0 Å². The van der Waals surface area contributed by atoms with E-state index in [-0.39, 0.29) is 10.8 Å². The minimum atomic E-state index is -4.46. The Bertz CT molecular complexity index is 415. The van der Waals surface area contributed by atoms with Gasteiger partial charge in [-0.2, -0.15) is 13.2 Å². The molecule has 0 saturated heterocycles. The fourth-order valence-electron chi connectivity index (χ4n) is 1.50. The highest BCUT2D eigenvalue weighted by molar-refractivity contribution is 6.33. The number of ether oxygens (including phenoxy) is 1. The molecule has 0 spiro atoms. The normalized spacial score (nSPS) is 11.7. The molecule has 0 amide bonds. The van der Waals surface area contributed by atoms with Gasteiger partial charge in [0, 0.05) is 32.9 Å². The van der Waals surface area contributed by atoms with Crippen molar-refractivity contribution in [2.24, 2.45) is 5.73 Å². The van der Waals surface area contributed by atoms with Gasteiger partial charge in [-0.25, -0.2) is 4.98 Å². The number of aromatic nitrogens is 1. The Balaban J connectivity index is 2.97. The van der Waals surface area contributed by atoms with Gasteiger partial charge in [-0.1, -0.05) is 11.6 Å². The van der Waals surface area contributed by atoms with E-state index in [0.29, 0.717) is 26.2 Å². The van der Waals surface area contributed by atoms with Gasteiger partial charge in [0.15, 0.2) is 0 Å². The Morgan fingerprint density at radius 1 is 1.42 bits per heavy atom. The number of pyridine rings is 1. The third-order valence-corrected chi connectivity index (χ3v) is 2.69. The number of alkyl halides is 3. The lowest BCUT2D eigenvalue weighted by atomic mass is 10.2. The van der Waals surface area contributed by atoms with E-state index in [1.807, 2.05) is 0 Å². The summed E-state index contributed by atoms with van der Waals surface area (Å²) in [5.41, 5.74) is 4.58. The first-order chi connectivity index (χ1) is 8.90. The molecule has 1 heterocycles. The second kappa shape index (κ2) is 6.93. The number of anilines is 1. The summed E-state index contributed by atoms with van der Waals surface area (Å²) in [4.78, 5) is 5.47. The largest absolute Gasteiger partial charge is 0.417 e. The molecule has 108 valence electrons. The molecule has 1 aromatic rings. The fraction of sp³-hybridized carbons (Fsp3) is 0.545. The third kappa shape index (κ3) is 4.52. The molecule has 0 aliphatic heterocycles. The van der Waals surface area contributed by atoms with Crippen molar-refractivity contribution in [3.05, 3.63) is 22.8 Å². The maximum atomic E-state index is 12.5. The predicted molar refractivity (Wildman–Crippen MR) is 67.4 cm³/mol. The van der Waals surface area contributed by atoms with E-state index in [4.69, 9.17) is 22.1 Å². The molecule has 0 bridgehead atoms. The van der Waals surface area contributed by atoms with Crippen molar-refractivity contribution in [3.63, 3.8) is 0 Å². The van der Waals surface area contributed by atoms with Crippen molar-refractivity contribution in [3.8, 4) is 0 Å². The van der Waals surface area contributed by atoms with Crippen LogP contribution in [0.5, 0.6) is 0 Å². The summed E-state index contributed by atoms with van der Waals surface area (Å²) in [5, 5.41) is -0.0561. The second-order valence-electron chi connectivity index (χ2n) is 3.80. The zero-order chi connectivity index (χ0) is 14.5. The summed E-state index contributed by atoms with van der Waals surface area (Å²) in [6, 6.07) is 0.861. The summed E-state index contributed by atoms with van der Waals surface area (Å²) in [6.07, 6.45) is -3.70. The molecule has 4 nitrogen and oxygen atoms in total. The van der Waals surface area contributed by atoms with Crippen LogP contribution in [0.15, 0.2) is 12.3 Å². The lowest BCUT2D eigenvalue weighted by molar-refractivity contribution is -0.137. The van der Waals surface area contributed by atoms with E-state index in [1.54, 1.807) is 4.90 Å². The van der Waals surface area contributed by atoms with Gasteiger partial charge in [-0.3, -0.25) is 0 Å². The van der Waals surface area contributed by atoms with E-state index >= 15 is 0 Å². The van der Waals surface area contributed by atoms with Crippen LogP contribution in [0.3, 0.4) is 0 Å². The molecule has 1 rings (SSSR count). The Labute approximate surface area is 114 Å². The summed E-state index contributed by atoms with van der Waals surface area (Å²) in [6.45, 7) is 1.62. The third-order valence-electron chi connectivity index (χ3n) is 2.41. The van der Waals surface area contributed by atoms with Crippen molar-refractivity contribution in [2.45, 2.75) is 6.18 Å². The SMILES string of the molecule is COCCN(CCN)c1ncc(C(F)(F)F)cc1Cl. The Kier molecular flexibility index (Phi) is 5.84. The molecule has 19 heavy (non-hydrogen) atoms. The topological polar surface area (TPSA) is 51.4 Å². The minimum Gasteiger partial charge on any atom is -0.383 e. The number of methoxy groups -OCH3 is 1. The second-order valence-corrected chi connectivity index (χ2v) is 4.20. The van der Waals surface area contributed by atoms with Crippen LogP contribution in [0.25, 0.3) is 0 Å². The van der Waals surface area contributed by atoms with E-state index < -0.39 is 11.7 Å². The van der Waals surface area contributed by atoms with Gasteiger partial charge in [0.05, 0.1) is 17.2 Å². The van der Waals surface area contributed by atoms with Gasteiger partial charge in [-0.05, 0) is 6.07 Å². The van der Waals surface area contributed by atoms with Crippen LogP contribution < -0.4 is 10.6 Å².